The molecule has 0 bridgehead atoms. The molecule has 0 aliphatic rings. The third-order valence-electron chi connectivity index (χ3n) is 7.28. The third kappa shape index (κ3) is 19.6. The SMILES string of the molecule is CCCCN.CCNC(=O)C(Cc1ccc2ccccc2c1)NC(=O)C(Cc1cnc[nH]1)NC(=O)C(C)(C)N.Cc1ccccc1.NC(=O)CNC=O. The summed E-state index contributed by atoms with van der Waals surface area (Å²) in [6.45, 7) is 10.3. The van der Waals surface area contributed by atoms with E-state index in [9.17, 15) is 24.0 Å². The number of hydrogen-bond acceptors (Lipinski definition) is 8. The van der Waals surface area contributed by atoms with Crippen LogP contribution in [0, 0.1) is 6.92 Å². The molecule has 288 valence electrons. The van der Waals surface area contributed by atoms with Crippen molar-refractivity contribution in [1.29, 1.82) is 0 Å². The highest BCUT2D eigenvalue weighted by molar-refractivity contribution is 5.94. The number of primary amides is 1. The highest BCUT2D eigenvalue weighted by Crippen LogP contribution is 2.17. The normalized spacial score (nSPS) is 11.4. The van der Waals surface area contributed by atoms with Crippen molar-refractivity contribution in [3.05, 3.63) is 102 Å². The number of unbranched alkanes of at least 4 members (excludes halogenated alkanes) is 1. The van der Waals surface area contributed by atoms with Gasteiger partial charge in [0, 0.05) is 31.3 Å². The average Bonchev–Trinajstić information content (AvgIpc) is 3.64. The van der Waals surface area contributed by atoms with Crippen LogP contribution in [0.15, 0.2) is 85.3 Å². The molecule has 0 saturated heterocycles. The fourth-order valence-corrected chi connectivity index (χ4v) is 4.43. The lowest BCUT2D eigenvalue weighted by molar-refractivity contribution is -0.133. The maximum absolute atomic E-state index is 13.3. The van der Waals surface area contributed by atoms with Gasteiger partial charge in [-0.1, -0.05) is 91.7 Å². The lowest BCUT2D eigenvalue weighted by Gasteiger charge is -2.26. The van der Waals surface area contributed by atoms with Gasteiger partial charge < -0.3 is 43.5 Å². The number of fused-ring (bicyclic) bond motifs is 1. The molecule has 14 nitrogen and oxygen atoms in total. The standard InChI is InChI=1S/C25H32N6O3.C7H8.C4H11N.C3H6N2O2/c1-4-28-22(32)20(12-16-9-10-17-7-5-6-8-18(17)11-16)30-23(33)21(13-19-14-27-15-29-19)31-24(34)25(2,3)26;1-7-5-3-2-4-6-7;1-2-3-4-5;4-3(7)1-5-2-6/h5-11,14-15,20-21H,4,12-13,26H2,1-3H3,(H,27,29)(H,28,32)(H,30,33)(H,31,34);2-6H,1H3;2-5H2,1H3;2H,1H2,(H2,4,7)(H,5,6). The Kier molecular flexibility index (Phi) is 21.7. The molecule has 11 N–H and O–H groups in total. The van der Waals surface area contributed by atoms with Gasteiger partial charge in [-0.3, -0.25) is 24.0 Å². The van der Waals surface area contributed by atoms with E-state index in [0.29, 0.717) is 25.1 Å². The fourth-order valence-electron chi connectivity index (χ4n) is 4.43. The highest BCUT2D eigenvalue weighted by Gasteiger charge is 2.31. The number of hydrogen-bond donors (Lipinski definition) is 8. The van der Waals surface area contributed by atoms with Gasteiger partial charge in [0.05, 0.1) is 18.4 Å². The van der Waals surface area contributed by atoms with Crippen LogP contribution in [0.5, 0.6) is 0 Å². The van der Waals surface area contributed by atoms with Crippen LogP contribution in [-0.2, 0) is 36.8 Å². The lowest BCUT2D eigenvalue weighted by atomic mass is 10.00. The summed E-state index contributed by atoms with van der Waals surface area (Å²) in [7, 11) is 0. The van der Waals surface area contributed by atoms with Crippen LogP contribution >= 0.6 is 0 Å². The first-order chi connectivity index (χ1) is 25.2. The zero-order chi connectivity index (χ0) is 39.6. The quantitative estimate of drug-likeness (QED) is 0.0841. The molecule has 0 spiro atoms. The second kappa shape index (κ2) is 25.4. The first kappa shape index (κ1) is 45.4. The minimum Gasteiger partial charge on any atom is -0.368 e. The zero-order valence-electron chi connectivity index (χ0n) is 31.5. The summed E-state index contributed by atoms with van der Waals surface area (Å²) in [6, 6.07) is 22.4. The molecule has 5 amide bonds. The van der Waals surface area contributed by atoms with Crippen LogP contribution < -0.4 is 38.5 Å². The molecule has 0 saturated carbocycles. The number of carbonyl (C=O) groups excluding carboxylic acids is 5. The number of nitrogens with two attached hydrogens (primary N) is 3. The summed E-state index contributed by atoms with van der Waals surface area (Å²) in [4.78, 5) is 64.7. The van der Waals surface area contributed by atoms with E-state index in [4.69, 9.17) is 11.5 Å². The van der Waals surface area contributed by atoms with Crippen LogP contribution in [0.4, 0.5) is 0 Å². The van der Waals surface area contributed by atoms with Gasteiger partial charge >= 0.3 is 0 Å². The number of amides is 5. The fraction of sp³-hybridized carbons (Fsp3) is 0.385. The molecule has 2 unspecified atom stereocenters. The summed E-state index contributed by atoms with van der Waals surface area (Å²) >= 11 is 0. The van der Waals surface area contributed by atoms with E-state index in [2.05, 4.69) is 62.9 Å². The minimum absolute atomic E-state index is 0.0799. The second-order valence-electron chi connectivity index (χ2n) is 12.6. The van der Waals surface area contributed by atoms with Gasteiger partial charge in [0.15, 0.2) is 0 Å². The third-order valence-corrected chi connectivity index (χ3v) is 7.28. The summed E-state index contributed by atoms with van der Waals surface area (Å²) in [5.74, 6) is -1.79. The largest absolute Gasteiger partial charge is 0.368 e. The molecule has 0 aliphatic carbocycles. The number of likely N-dealkylation sites (N-methyl/N-ethyl adjacent to an activating group) is 1. The van der Waals surface area contributed by atoms with Crippen molar-refractivity contribution in [2.45, 2.75) is 77.9 Å². The summed E-state index contributed by atoms with van der Waals surface area (Å²) in [5.41, 5.74) is 17.4. The Labute approximate surface area is 312 Å². The molecule has 14 heteroatoms. The molecule has 1 aromatic heterocycles. The Morgan fingerprint density at radius 2 is 1.53 bits per heavy atom. The van der Waals surface area contributed by atoms with E-state index in [1.54, 1.807) is 20.0 Å². The van der Waals surface area contributed by atoms with Crippen LogP contribution in [0.3, 0.4) is 0 Å². The smallest absolute Gasteiger partial charge is 0.243 e. The van der Waals surface area contributed by atoms with E-state index in [1.165, 1.54) is 24.7 Å². The number of H-pyrrole nitrogens is 1. The number of aromatic nitrogens is 2. The van der Waals surface area contributed by atoms with Crippen molar-refractivity contribution in [2.75, 3.05) is 19.6 Å². The molecular formula is C39H57N9O5. The van der Waals surface area contributed by atoms with E-state index < -0.39 is 35.3 Å². The predicted molar refractivity (Wildman–Crippen MR) is 209 cm³/mol. The van der Waals surface area contributed by atoms with Gasteiger partial charge in [-0.25, -0.2) is 4.98 Å². The van der Waals surface area contributed by atoms with Gasteiger partial charge in [0.25, 0.3) is 0 Å². The molecule has 0 radical (unpaired) electrons. The number of nitrogens with zero attached hydrogens (tertiary/aromatic N) is 1. The summed E-state index contributed by atoms with van der Waals surface area (Å²) in [6.07, 6.45) is 6.36. The van der Waals surface area contributed by atoms with E-state index in [-0.39, 0.29) is 18.9 Å². The minimum atomic E-state index is -1.17. The first-order valence-corrected chi connectivity index (χ1v) is 17.5. The van der Waals surface area contributed by atoms with Crippen LogP contribution in [0.25, 0.3) is 10.8 Å². The average molecular weight is 732 g/mol. The van der Waals surface area contributed by atoms with Crippen LogP contribution in [0.1, 0.15) is 57.4 Å². The van der Waals surface area contributed by atoms with Crippen molar-refractivity contribution in [3.8, 4) is 0 Å². The number of aromatic amines is 1. The Hall–Kier alpha value is -5.60. The van der Waals surface area contributed by atoms with Crippen molar-refractivity contribution in [1.82, 2.24) is 31.2 Å². The molecular weight excluding hydrogens is 674 g/mol. The van der Waals surface area contributed by atoms with Crippen molar-refractivity contribution >= 4 is 40.8 Å². The molecule has 2 atom stereocenters. The molecule has 4 rings (SSSR count). The Balaban J connectivity index is 0.000000599. The second-order valence-corrected chi connectivity index (χ2v) is 12.6. The van der Waals surface area contributed by atoms with E-state index in [0.717, 1.165) is 22.9 Å². The molecule has 53 heavy (non-hydrogen) atoms. The monoisotopic (exact) mass is 731 g/mol. The van der Waals surface area contributed by atoms with Crippen LogP contribution in [-0.4, -0.2) is 77.3 Å². The van der Waals surface area contributed by atoms with Crippen LogP contribution in [0.2, 0.25) is 0 Å². The number of aryl methyl sites for hydroxylation is 1. The summed E-state index contributed by atoms with van der Waals surface area (Å²) in [5, 5.41) is 12.5. The molecule has 0 aliphatic heterocycles. The van der Waals surface area contributed by atoms with Crippen molar-refractivity contribution in [2.24, 2.45) is 17.2 Å². The highest BCUT2D eigenvalue weighted by atomic mass is 16.2. The van der Waals surface area contributed by atoms with Crippen molar-refractivity contribution < 1.29 is 24.0 Å². The van der Waals surface area contributed by atoms with E-state index in [1.807, 2.05) is 67.6 Å². The van der Waals surface area contributed by atoms with Gasteiger partial charge in [-0.15, -0.1) is 0 Å². The van der Waals surface area contributed by atoms with E-state index >= 15 is 0 Å². The number of rotatable bonds is 15. The van der Waals surface area contributed by atoms with Gasteiger partial charge in [0.2, 0.25) is 30.0 Å². The molecule has 4 aromatic rings. The van der Waals surface area contributed by atoms with Gasteiger partial charge in [-0.05, 0) is 57.0 Å². The predicted octanol–water partition coefficient (Wildman–Crippen LogP) is 2.15. The molecule has 0 fully saturated rings. The first-order valence-electron chi connectivity index (χ1n) is 17.5. The Morgan fingerprint density at radius 3 is 2.00 bits per heavy atom. The molecule has 3 aromatic carbocycles. The lowest BCUT2D eigenvalue weighted by Crippen LogP contribution is -2.59. The zero-order valence-corrected chi connectivity index (χ0v) is 31.5. The summed E-state index contributed by atoms with van der Waals surface area (Å²) < 4.78 is 0. The maximum atomic E-state index is 13.3. The number of benzene rings is 3. The Morgan fingerprint density at radius 1 is 0.887 bits per heavy atom. The van der Waals surface area contributed by atoms with Gasteiger partial charge in [0.1, 0.15) is 12.1 Å². The van der Waals surface area contributed by atoms with Crippen molar-refractivity contribution in [3.63, 3.8) is 0 Å². The van der Waals surface area contributed by atoms with Gasteiger partial charge in [-0.2, -0.15) is 0 Å². The number of nitrogens with one attached hydrogen (secondary N) is 5. The number of carbonyl (C=O) groups is 5. The molecule has 1 heterocycles. The topological polar surface area (TPSA) is 240 Å². The maximum Gasteiger partial charge on any atom is 0.243 e. The number of imidazole rings is 1. The Bertz CT molecular complexity index is 1660.